The number of nitrogens with zero attached hydrogens (tertiary/aromatic N) is 2. The fourth-order valence-corrected chi connectivity index (χ4v) is 9.44. The maximum atomic E-state index is 6.87. The summed E-state index contributed by atoms with van der Waals surface area (Å²) in [4.78, 5) is 10.9. The van der Waals surface area contributed by atoms with Gasteiger partial charge in [0.05, 0.1) is 23.5 Å². The SMILES string of the molecule is CCC1C(Cl)CC(Cl)C(CC)C1N=C(C)C(CCCO[Si](C)(C)C)=NC1C(CC)C(Cl)CC(Cl)C1CC.[Br][Ni][Br]. The summed E-state index contributed by atoms with van der Waals surface area (Å²) < 4.78 is 6.18. The van der Waals surface area contributed by atoms with E-state index < -0.39 is 8.32 Å². The molecule has 0 spiro atoms. The van der Waals surface area contributed by atoms with Gasteiger partial charge < -0.3 is 4.43 Å². The summed E-state index contributed by atoms with van der Waals surface area (Å²) in [5.41, 5.74) is 2.11. The van der Waals surface area contributed by atoms with Gasteiger partial charge in [-0.05, 0) is 102 Å². The molecule has 0 N–H and O–H groups in total. The fraction of sp³-hybridized carbons (Fsp3) is 0.931. The van der Waals surface area contributed by atoms with Crippen LogP contribution in [-0.2, 0) is 15.3 Å². The Morgan fingerprint density at radius 2 is 1.10 bits per heavy atom. The van der Waals surface area contributed by atoms with E-state index in [0.717, 1.165) is 69.4 Å². The van der Waals surface area contributed by atoms with Gasteiger partial charge in [0.2, 0.25) is 0 Å². The summed E-state index contributed by atoms with van der Waals surface area (Å²) in [6.07, 6.45) is 7.51. The van der Waals surface area contributed by atoms with Gasteiger partial charge in [-0.3, -0.25) is 9.98 Å². The standard InChI is InChI=1S/C29H52Cl4N2OSi.2BrH.Ni/c1-9-19-23(30)16-24(31)20(10-2)28(19)34-18(5)27(14-13-15-36-37(6,7)8)35-29-21(11-3)25(32)17-26(33)22(29)12-4;;;/h19-26,28-29H,9-17H2,1-8H3;2*1H;/q;;;+2/p-2. The monoisotopic (exact) mass is 828 g/mol. The Bertz CT molecular complexity index is 760. The van der Waals surface area contributed by atoms with Gasteiger partial charge in [0.15, 0.2) is 8.32 Å². The molecule has 0 aromatic rings. The van der Waals surface area contributed by atoms with Crippen molar-refractivity contribution in [3.05, 3.63) is 0 Å². The first-order chi connectivity index (χ1) is 18.8. The second-order valence-electron chi connectivity index (χ2n) is 12.2. The molecule has 0 heterocycles. The number of halogens is 6. The van der Waals surface area contributed by atoms with Crippen molar-refractivity contribution in [1.82, 2.24) is 0 Å². The van der Waals surface area contributed by atoms with Crippen molar-refractivity contribution in [1.29, 1.82) is 0 Å². The third-order valence-electron chi connectivity index (χ3n) is 8.56. The van der Waals surface area contributed by atoms with Crippen LogP contribution in [0.3, 0.4) is 0 Å². The average Bonchev–Trinajstić information content (AvgIpc) is 2.86. The summed E-state index contributed by atoms with van der Waals surface area (Å²) in [5, 5.41) is 0.227. The predicted octanol–water partition coefficient (Wildman–Crippen LogP) is 11.3. The van der Waals surface area contributed by atoms with Crippen molar-refractivity contribution in [3.63, 3.8) is 0 Å². The first kappa shape index (κ1) is 40.2. The van der Waals surface area contributed by atoms with Crippen LogP contribution < -0.4 is 0 Å². The second-order valence-corrected chi connectivity index (χ2v) is 23.9. The molecule has 2 aliphatic rings. The van der Waals surface area contributed by atoms with Crippen molar-refractivity contribution in [2.45, 2.75) is 139 Å². The van der Waals surface area contributed by atoms with Crippen LogP contribution in [0.2, 0.25) is 19.6 Å². The Balaban J connectivity index is 0.00000254. The van der Waals surface area contributed by atoms with Crippen LogP contribution in [0.5, 0.6) is 0 Å². The minimum absolute atomic E-state index is 0.0547. The van der Waals surface area contributed by atoms with E-state index in [1.165, 1.54) is 10.9 Å². The zero-order valence-corrected chi connectivity index (χ0v) is 33.7. The van der Waals surface area contributed by atoms with Gasteiger partial charge in [0.1, 0.15) is 0 Å². The number of aliphatic imine (C=N–C) groups is 2. The second kappa shape index (κ2) is 20.3. The molecule has 0 amide bonds. The van der Waals surface area contributed by atoms with Crippen LogP contribution in [0.1, 0.15) is 86.0 Å². The molecule has 2 saturated carbocycles. The van der Waals surface area contributed by atoms with Gasteiger partial charge in [-0.25, -0.2) is 0 Å². The van der Waals surface area contributed by atoms with Crippen molar-refractivity contribution in [2.24, 2.45) is 33.7 Å². The molecule has 0 aliphatic heterocycles. The van der Waals surface area contributed by atoms with Crippen LogP contribution in [0.4, 0.5) is 0 Å². The molecule has 0 saturated heterocycles. The Hall–Kier alpha value is 2.13. The molecule has 3 nitrogen and oxygen atoms in total. The quantitative estimate of drug-likeness (QED) is 0.0835. The van der Waals surface area contributed by atoms with E-state index in [4.69, 9.17) is 60.8 Å². The Morgan fingerprint density at radius 1 is 0.750 bits per heavy atom. The molecule has 11 heteroatoms. The van der Waals surface area contributed by atoms with Crippen molar-refractivity contribution < 1.29 is 15.3 Å². The first-order valence-electron chi connectivity index (χ1n) is 14.9. The summed E-state index contributed by atoms with van der Waals surface area (Å²) in [6.45, 7) is 18.5. The van der Waals surface area contributed by atoms with Crippen LogP contribution >= 0.6 is 74.9 Å². The van der Waals surface area contributed by atoms with Crippen LogP contribution in [-0.4, -0.2) is 59.9 Å². The molecule has 2 rings (SSSR count). The van der Waals surface area contributed by atoms with E-state index in [1.807, 2.05) is 0 Å². The third-order valence-corrected chi connectivity index (χ3v) is 11.6. The molecule has 40 heavy (non-hydrogen) atoms. The molecular weight excluding hydrogens is 781 g/mol. The molecule has 8 atom stereocenters. The number of hydrogen-bond acceptors (Lipinski definition) is 3. The normalized spacial score (nSPS) is 35.9. The van der Waals surface area contributed by atoms with Crippen molar-refractivity contribution >= 4 is 94.6 Å². The topological polar surface area (TPSA) is 34.0 Å². The number of hydrogen-bond donors (Lipinski definition) is 0. The van der Waals surface area contributed by atoms with Crippen molar-refractivity contribution in [3.8, 4) is 0 Å². The zero-order chi connectivity index (χ0) is 30.6. The molecule has 0 aromatic carbocycles. The Morgan fingerprint density at radius 3 is 1.43 bits per heavy atom. The third kappa shape index (κ3) is 12.5. The minimum atomic E-state index is -1.56. The fourth-order valence-electron chi connectivity index (χ4n) is 6.43. The summed E-state index contributed by atoms with van der Waals surface area (Å²) in [6, 6.07) is 0.234. The van der Waals surface area contributed by atoms with Gasteiger partial charge in [-0.2, -0.15) is 0 Å². The summed E-state index contributed by atoms with van der Waals surface area (Å²) in [5.74, 6) is 1.30. The van der Waals surface area contributed by atoms with Crippen LogP contribution in [0, 0.1) is 23.7 Å². The predicted molar refractivity (Wildman–Crippen MR) is 187 cm³/mol. The molecule has 0 aromatic heterocycles. The van der Waals surface area contributed by atoms with Gasteiger partial charge in [0, 0.05) is 28.1 Å². The van der Waals surface area contributed by atoms with Gasteiger partial charge >= 0.3 is 39.3 Å². The van der Waals surface area contributed by atoms with E-state index in [9.17, 15) is 0 Å². The Kier molecular flexibility index (Phi) is 20.4. The van der Waals surface area contributed by atoms with E-state index in [-0.39, 0.29) is 33.6 Å². The van der Waals surface area contributed by atoms with Gasteiger partial charge in [-0.15, -0.1) is 46.4 Å². The molecule has 8 unspecified atom stereocenters. The van der Waals surface area contributed by atoms with E-state index in [0.29, 0.717) is 23.7 Å². The first-order valence-corrected chi connectivity index (χ1v) is 25.0. The number of rotatable bonds is 12. The average molecular weight is 833 g/mol. The number of alkyl halides is 4. The zero-order valence-electron chi connectivity index (χ0n) is 25.5. The molecule has 240 valence electrons. The van der Waals surface area contributed by atoms with Crippen LogP contribution in [0.25, 0.3) is 0 Å². The molecule has 0 bridgehead atoms. The van der Waals surface area contributed by atoms with Crippen molar-refractivity contribution in [2.75, 3.05) is 6.61 Å². The molecule has 0 radical (unpaired) electrons. The van der Waals surface area contributed by atoms with Gasteiger partial charge in [-0.1, -0.05) is 27.7 Å². The maximum absolute atomic E-state index is 6.87. The van der Waals surface area contributed by atoms with E-state index in [2.05, 4.69) is 82.7 Å². The molecule has 2 fully saturated rings. The molecule has 2 aliphatic carbocycles. The molecular formula is C29H52Br2Cl4N2NiOSi. The van der Waals surface area contributed by atoms with E-state index in [1.54, 1.807) is 0 Å². The Labute approximate surface area is 287 Å². The summed E-state index contributed by atoms with van der Waals surface area (Å²) in [7, 11) is -0.314. The van der Waals surface area contributed by atoms with E-state index >= 15 is 0 Å². The van der Waals surface area contributed by atoms with Crippen LogP contribution in [0.15, 0.2) is 9.98 Å². The summed E-state index contributed by atoms with van der Waals surface area (Å²) >= 11 is 33.4. The van der Waals surface area contributed by atoms with Gasteiger partial charge in [0.25, 0.3) is 0 Å².